The van der Waals surface area contributed by atoms with Crippen molar-refractivity contribution in [2.45, 2.75) is 52.1 Å². The molecule has 1 fully saturated rings. The van der Waals surface area contributed by atoms with Crippen LogP contribution >= 0.6 is 0 Å². The van der Waals surface area contributed by atoms with Crippen LogP contribution in [0, 0.1) is 17.8 Å². The maximum absolute atomic E-state index is 5.68. The molecule has 0 aliphatic heterocycles. The van der Waals surface area contributed by atoms with Crippen molar-refractivity contribution in [1.82, 2.24) is 0 Å². The van der Waals surface area contributed by atoms with E-state index in [9.17, 15) is 0 Å². The second kappa shape index (κ2) is 6.50. The lowest BCUT2D eigenvalue weighted by Crippen LogP contribution is -2.05. The quantitative estimate of drug-likeness (QED) is 0.698. The van der Waals surface area contributed by atoms with Gasteiger partial charge in [-0.2, -0.15) is 0 Å². The zero-order valence-electron chi connectivity index (χ0n) is 11.4. The lowest BCUT2D eigenvalue weighted by molar-refractivity contribution is 0.242. The van der Waals surface area contributed by atoms with Crippen molar-refractivity contribution in [1.29, 1.82) is 0 Å². The van der Waals surface area contributed by atoms with Gasteiger partial charge in [0.1, 0.15) is 5.75 Å². The molecule has 1 aromatic rings. The summed E-state index contributed by atoms with van der Waals surface area (Å²) in [7, 11) is 0. The van der Waals surface area contributed by atoms with Gasteiger partial charge in [0.25, 0.3) is 0 Å². The molecule has 0 unspecified atom stereocenters. The number of rotatable bonds is 2. The van der Waals surface area contributed by atoms with E-state index in [1.54, 1.807) is 0 Å². The van der Waals surface area contributed by atoms with Crippen LogP contribution in [0.2, 0.25) is 0 Å². The van der Waals surface area contributed by atoms with Gasteiger partial charge >= 0.3 is 0 Å². The minimum Gasteiger partial charge on any atom is -0.491 e. The third-order valence-electron chi connectivity index (χ3n) is 3.23. The fourth-order valence-electron chi connectivity index (χ4n) is 2.35. The Kier molecular flexibility index (Phi) is 4.70. The standard InChI is InChI=1S/C17H22O/c1-14(2)18-17-10-6-9-16(13-17)12-11-15-7-4-3-5-8-15/h6,9-10,13-15H,3-5,7-8H2,1-2H3. The van der Waals surface area contributed by atoms with Crippen LogP contribution in [0.5, 0.6) is 5.75 Å². The molecule has 0 radical (unpaired) electrons. The van der Waals surface area contributed by atoms with Gasteiger partial charge in [0, 0.05) is 11.5 Å². The smallest absolute Gasteiger partial charge is 0.120 e. The molecule has 0 bridgehead atoms. The van der Waals surface area contributed by atoms with Gasteiger partial charge in [-0.25, -0.2) is 0 Å². The zero-order valence-corrected chi connectivity index (χ0v) is 11.4. The van der Waals surface area contributed by atoms with Crippen molar-refractivity contribution in [2.75, 3.05) is 0 Å². The molecule has 0 amide bonds. The molecule has 1 aromatic carbocycles. The monoisotopic (exact) mass is 242 g/mol. The molecule has 1 aliphatic carbocycles. The van der Waals surface area contributed by atoms with Crippen molar-refractivity contribution in [2.24, 2.45) is 5.92 Å². The lowest BCUT2D eigenvalue weighted by Gasteiger charge is -2.15. The summed E-state index contributed by atoms with van der Waals surface area (Å²) in [5.41, 5.74) is 1.07. The fraction of sp³-hybridized carbons (Fsp3) is 0.529. The molecule has 1 nitrogen and oxygen atoms in total. The second-order valence-electron chi connectivity index (χ2n) is 5.30. The Bertz CT molecular complexity index is 430. The van der Waals surface area contributed by atoms with Crippen LogP contribution in [-0.2, 0) is 0 Å². The van der Waals surface area contributed by atoms with E-state index in [2.05, 4.69) is 17.9 Å². The van der Waals surface area contributed by atoms with Gasteiger partial charge in [-0.15, -0.1) is 0 Å². The third kappa shape index (κ3) is 4.11. The molecule has 0 N–H and O–H groups in total. The summed E-state index contributed by atoms with van der Waals surface area (Å²) >= 11 is 0. The van der Waals surface area contributed by atoms with Crippen LogP contribution in [0.3, 0.4) is 0 Å². The number of ether oxygens (including phenoxy) is 1. The number of hydrogen-bond donors (Lipinski definition) is 0. The largest absolute Gasteiger partial charge is 0.491 e. The van der Waals surface area contributed by atoms with Gasteiger partial charge in [0.2, 0.25) is 0 Å². The van der Waals surface area contributed by atoms with Crippen molar-refractivity contribution in [3.63, 3.8) is 0 Å². The zero-order chi connectivity index (χ0) is 12.8. The molecule has 1 saturated carbocycles. The number of benzene rings is 1. The van der Waals surface area contributed by atoms with Crippen LogP contribution in [0.15, 0.2) is 24.3 Å². The summed E-state index contributed by atoms with van der Waals surface area (Å²) in [5.74, 6) is 8.23. The van der Waals surface area contributed by atoms with Gasteiger partial charge in [-0.05, 0) is 44.9 Å². The van der Waals surface area contributed by atoms with Crippen molar-refractivity contribution in [3.05, 3.63) is 29.8 Å². The summed E-state index contributed by atoms with van der Waals surface area (Å²) < 4.78 is 5.68. The van der Waals surface area contributed by atoms with E-state index in [0.29, 0.717) is 5.92 Å². The molecule has 0 saturated heterocycles. The highest BCUT2D eigenvalue weighted by molar-refractivity contribution is 5.40. The van der Waals surface area contributed by atoms with Gasteiger partial charge in [-0.1, -0.05) is 37.2 Å². The van der Waals surface area contributed by atoms with Crippen LogP contribution in [0.1, 0.15) is 51.5 Å². The maximum atomic E-state index is 5.68. The highest BCUT2D eigenvalue weighted by Gasteiger charge is 2.09. The molecule has 96 valence electrons. The first-order chi connectivity index (χ1) is 8.74. The van der Waals surface area contributed by atoms with Gasteiger partial charge in [-0.3, -0.25) is 0 Å². The molecule has 0 aromatic heterocycles. The van der Waals surface area contributed by atoms with Gasteiger partial charge in [0.05, 0.1) is 6.10 Å². The normalized spacial score (nSPS) is 16.2. The lowest BCUT2D eigenvalue weighted by atomic mass is 9.90. The van der Waals surface area contributed by atoms with E-state index in [4.69, 9.17) is 4.74 Å². The summed E-state index contributed by atoms with van der Waals surface area (Å²) in [6.07, 6.45) is 6.83. The molecule has 1 aliphatic rings. The first kappa shape index (κ1) is 13.0. The average molecular weight is 242 g/mol. The summed E-state index contributed by atoms with van der Waals surface area (Å²) in [4.78, 5) is 0. The van der Waals surface area contributed by atoms with E-state index in [1.165, 1.54) is 32.1 Å². The summed E-state index contributed by atoms with van der Waals surface area (Å²) in [6.45, 7) is 4.08. The van der Waals surface area contributed by atoms with Crippen molar-refractivity contribution in [3.8, 4) is 17.6 Å². The highest BCUT2D eigenvalue weighted by atomic mass is 16.5. The fourth-order valence-corrected chi connectivity index (χ4v) is 2.35. The van der Waals surface area contributed by atoms with Crippen LogP contribution in [0.25, 0.3) is 0 Å². The molecular weight excluding hydrogens is 220 g/mol. The Hall–Kier alpha value is -1.42. The first-order valence-electron chi connectivity index (χ1n) is 7.02. The van der Waals surface area contributed by atoms with Crippen molar-refractivity contribution >= 4 is 0 Å². The van der Waals surface area contributed by atoms with Gasteiger partial charge < -0.3 is 4.74 Å². The second-order valence-corrected chi connectivity index (χ2v) is 5.30. The van der Waals surface area contributed by atoms with Crippen LogP contribution < -0.4 is 4.74 Å². The summed E-state index contributed by atoms with van der Waals surface area (Å²) in [5, 5.41) is 0. The Morgan fingerprint density at radius 1 is 1.17 bits per heavy atom. The minimum absolute atomic E-state index is 0.214. The molecule has 18 heavy (non-hydrogen) atoms. The Balaban J connectivity index is 2.02. The van der Waals surface area contributed by atoms with E-state index in [-0.39, 0.29) is 6.10 Å². The van der Waals surface area contributed by atoms with Crippen LogP contribution in [-0.4, -0.2) is 6.10 Å². The van der Waals surface area contributed by atoms with Crippen molar-refractivity contribution < 1.29 is 4.74 Å². The molecule has 0 spiro atoms. The Morgan fingerprint density at radius 2 is 1.94 bits per heavy atom. The SMILES string of the molecule is CC(C)Oc1cccc(C#CC2CCCCC2)c1. The number of hydrogen-bond acceptors (Lipinski definition) is 1. The molecule has 0 heterocycles. The average Bonchev–Trinajstić information content (AvgIpc) is 2.37. The Morgan fingerprint density at radius 3 is 2.67 bits per heavy atom. The van der Waals surface area contributed by atoms with E-state index < -0.39 is 0 Å². The Labute approximate surface area is 111 Å². The van der Waals surface area contributed by atoms with E-state index in [1.807, 2.05) is 32.0 Å². The van der Waals surface area contributed by atoms with E-state index in [0.717, 1.165) is 11.3 Å². The molecule has 2 rings (SSSR count). The van der Waals surface area contributed by atoms with E-state index >= 15 is 0 Å². The topological polar surface area (TPSA) is 9.23 Å². The highest BCUT2D eigenvalue weighted by Crippen LogP contribution is 2.23. The van der Waals surface area contributed by atoms with Gasteiger partial charge in [0.15, 0.2) is 0 Å². The summed E-state index contributed by atoms with van der Waals surface area (Å²) in [6, 6.07) is 8.10. The molecule has 0 atom stereocenters. The molecule has 1 heteroatoms. The van der Waals surface area contributed by atoms with Crippen LogP contribution in [0.4, 0.5) is 0 Å². The molecular formula is C17H22O. The predicted molar refractivity (Wildman–Crippen MR) is 75.7 cm³/mol. The third-order valence-corrected chi connectivity index (χ3v) is 3.23. The first-order valence-corrected chi connectivity index (χ1v) is 7.02. The predicted octanol–water partition coefficient (Wildman–Crippen LogP) is 4.41. The minimum atomic E-state index is 0.214. The maximum Gasteiger partial charge on any atom is 0.120 e.